The number of phenols is 1. The molecule has 388 valence electrons. The molecule has 8 atom stereocenters. The zero-order chi connectivity index (χ0) is 52.2. The molecule has 2 aromatic carbocycles. The Morgan fingerprint density at radius 3 is 1.62 bits per heavy atom. The number of nitrogens with zero attached hydrogens (tertiary/aromatic N) is 2. The Morgan fingerprint density at radius 2 is 1.08 bits per heavy atom. The third kappa shape index (κ3) is 17.8. The van der Waals surface area contributed by atoms with Crippen LogP contribution in [-0.4, -0.2) is 165 Å². The average Bonchev–Trinajstić information content (AvgIpc) is 4.04. The maximum atomic E-state index is 14.7. The number of hydrogen-bond donors (Lipinski definition) is 10. The summed E-state index contributed by atoms with van der Waals surface area (Å²) >= 11 is 2.82. The number of primary amides is 2. The van der Waals surface area contributed by atoms with E-state index in [0.717, 1.165) is 0 Å². The van der Waals surface area contributed by atoms with Gasteiger partial charge in [-0.2, -0.15) is 23.5 Å². The Labute approximate surface area is 420 Å². The summed E-state index contributed by atoms with van der Waals surface area (Å²) in [6.07, 6.45) is 4.11. The van der Waals surface area contributed by atoms with E-state index in [0.29, 0.717) is 35.5 Å². The third-order valence-corrected chi connectivity index (χ3v) is 13.4. The van der Waals surface area contributed by atoms with Crippen molar-refractivity contribution < 1.29 is 58.2 Å². The number of carbonyl (C=O) groups excluding carboxylic acids is 9. The van der Waals surface area contributed by atoms with Gasteiger partial charge in [0.15, 0.2) is 0 Å². The molecule has 2 aliphatic rings. The van der Waals surface area contributed by atoms with E-state index in [1.54, 1.807) is 48.7 Å². The van der Waals surface area contributed by atoms with Crippen LogP contribution < -0.4 is 43.8 Å². The molecular formula is C47H66N10O12S2. The molecule has 22 nitrogen and oxygen atoms in total. The highest BCUT2D eigenvalue weighted by Crippen LogP contribution is 2.23. The molecule has 0 unspecified atom stereocenters. The van der Waals surface area contributed by atoms with Crippen molar-refractivity contribution in [3.63, 3.8) is 0 Å². The van der Waals surface area contributed by atoms with Gasteiger partial charge in [-0.3, -0.25) is 43.2 Å². The molecule has 2 fully saturated rings. The Balaban J connectivity index is 1.59. The van der Waals surface area contributed by atoms with E-state index >= 15 is 0 Å². The van der Waals surface area contributed by atoms with Gasteiger partial charge < -0.3 is 63.8 Å². The quantitative estimate of drug-likeness (QED) is 0.0471. The van der Waals surface area contributed by atoms with Gasteiger partial charge in [0.25, 0.3) is 0 Å². The van der Waals surface area contributed by atoms with Crippen molar-refractivity contribution in [3.05, 3.63) is 65.7 Å². The van der Waals surface area contributed by atoms with Gasteiger partial charge in [-0.15, -0.1) is 0 Å². The predicted molar refractivity (Wildman–Crippen MR) is 265 cm³/mol. The highest BCUT2D eigenvalue weighted by atomic mass is 32.2. The molecule has 0 aromatic heterocycles. The van der Waals surface area contributed by atoms with Gasteiger partial charge in [0, 0.05) is 32.4 Å². The van der Waals surface area contributed by atoms with Crippen LogP contribution in [0.2, 0.25) is 0 Å². The van der Waals surface area contributed by atoms with Crippen LogP contribution in [0.1, 0.15) is 68.9 Å². The minimum Gasteiger partial charge on any atom is -0.508 e. The second-order valence-corrected chi connectivity index (χ2v) is 19.4. The average molecular weight is 1030 g/mol. The number of hydrogen-bond acceptors (Lipinski definition) is 14. The van der Waals surface area contributed by atoms with Crippen LogP contribution in [0.5, 0.6) is 5.75 Å². The molecule has 2 heterocycles. The van der Waals surface area contributed by atoms with Crippen molar-refractivity contribution in [2.75, 3.05) is 37.1 Å². The van der Waals surface area contributed by atoms with Crippen molar-refractivity contribution in [1.82, 2.24) is 36.4 Å². The molecule has 0 bridgehead atoms. The zero-order valence-corrected chi connectivity index (χ0v) is 41.5. The van der Waals surface area contributed by atoms with Gasteiger partial charge >= 0.3 is 5.97 Å². The number of nitrogens with one attached hydrogen (secondary N) is 5. The number of nitrogens with two attached hydrogens (primary N) is 3. The Hall–Kier alpha value is -6.40. The van der Waals surface area contributed by atoms with Crippen molar-refractivity contribution in [2.24, 2.45) is 17.2 Å². The molecule has 0 aliphatic carbocycles. The van der Waals surface area contributed by atoms with Crippen molar-refractivity contribution in [1.29, 1.82) is 0 Å². The van der Waals surface area contributed by atoms with Gasteiger partial charge in [-0.1, -0.05) is 42.5 Å². The second kappa shape index (κ2) is 28.4. The maximum absolute atomic E-state index is 14.7. The summed E-state index contributed by atoms with van der Waals surface area (Å²) in [5.74, 6) is -7.12. The number of rotatable bonds is 28. The van der Waals surface area contributed by atoms with E-state index in [2.05, 4.69) is 26.6 Å². The number of carbonyl (C=O) groups is 10. The molecule has 0 saturated carbocycles. The summed E-state index contributed by atoms with van der Waals surface area (Å²) < 4.78 is 0. The molecular weight excluding hydrogens is 961 g/mol. The molecule has 24 heteroatoms. The van der Waals surface area contributed by atoms with Crippen LogP contribution in [-0.2, 0) is 60.8 Å². The van der Waals surface area contributed by atoms with Crippen LogP contribution in [0.3, 0.4) is 0 Å². The smallest absolute Gasteiger partial charge is 0.326 e. The van der Waals surface area contributed by atoms with Crippen molar-refractivity contribution in [3.8, 4) is 5.75 Å². The fourth-order valence-corrected chi connectivity index (χ4v) is 9.26. The number of aromatic hydroxyl groups is 1. The fraction of sp³-hybridized carbons (Fsp3) is 0.532. The van der Waals surface area contributed by atoms with E-state index < -0.39 is 114 Å². The monoisotopic (exact) mass is 1030 g/mol. The number of carboxylic acid groups (broad SMARTS) is 1. The molecule has 9 amide bonds. The van der Waals surface area contributed by atoms with E-state index in [4.69, 9.17) is 17.2 Å². The molecule has 4 rings (SSSR count). The topological polar surface area (TPSA) is 356 Å². The second-order valence-electron chi connectivity index (χ2n) is 17.4. The van der Waals surface area contributed by atoms with Crippen LogP contribution in [0.25, 0.3) is 0 Å². The number of carboxylic acids is 1. The number of aliphatic carboxylic acids is 1. The Kier molecular flexibility index (Phi) is 22.9. The van der Waals surface area contributed by atoms with Crippen LogP contribution in [0.4, 0.5) is 0 Å². The summed E-state index contributed by atoms with van der Waals surface area (Å²) in [5.41, 5.74) is 17.6. The third-order valence-electron chi connectivity index (χ3n) is 12.1. The van der Waals surface area contributed by atoms with Gasteiger partial charge in [-0.25, -0.2) is 4.79 Å². The number of likely N-dealkylation sites (tertiary alicyclic amines) is 2. The first-order chi connectivity index (χ1) is 33.8. The molecule has 2 aliphatic heterocycles. The normalized spacial score (nSPS) is 17.9. The van der Waals surface area contributed by atoms with Crippen molar-refractivity contribution in [2.45, 2.75) is 119 Å². The van der Waals surface area contributed by atoms with Crippen molar-refractivity contribution >= 4 is 82.7 Å². The highest BCUT2D eigenvalue weighted by molar-refractivity contribution is 7.98. The molecule has 0 spiro atoms. The standard InChI is InChI=1S/C47H66N10O12S2/c1-70-22-18-31(51-40(61)30(48)16-17-38(49)59)41(62)54-34(25-27-8-4-3-5-9-27)46(67)57-21-7-10-36(57)43(64)53-33(24-28-12-14-29(58)15-13-28)42(63)52-32(19-23-71-2)45(66)56-20-6-11-37(56)44(65)55-35(47(68)69)26-39(50)60/h3-5,8-9,12-15,30-37,58H,6-7,10-11,16-26,48H2,1-2H3,(H2,49,59)(H2,50,60)(H,51,61)(H,52,63)(H,53,64)(H,54,62)(H,55,65)(H,68,69)/t30-,31-,32-,33-,34-,35-,36-,37-/m0/s1. The molecule has 2 aromatic rings. The molecule has 13 N–H and O–H groups in total. The van der Waals surface area contributed by atoms with E-state index in [9.17, 15) is 58.2 Å². The minimum atomic E-state index is -1.62. The van der Waals surface area contributed by atoms with Crippen LogP contribution in [0.15, 0.2) is 54.6 Å². The fourth-order valence-electron chi connectivity index (χ4n) is 8.32. The first-order valence-corrected chi connectivity index (χ1v) is 26.1. The lowest BCUT2D eigenvalue weighted by molar-refractivity contribution is -0.146. The number of thioether (sulfide) groups is 2. The first-order valence-electron chi connectivity index (χ1n) is 23.3. The van der Waals surface area contributed by atoms with Crippen LogP contribution >= 0.6 is 23.5 Å². The SMILES string of the molecule is CSCC[C@H](NC(=O)[C@@H](N)CCC(N)=O)C(=O)N[C@@H](Cc1ccccc1)C(=O)N1CCC[C@H]1C(=O)N[C@@H](Cc1ccc(O)cc1)C(=O)N[C@@H](CCSC)C(=O)N1CCC[C@H]1C(=O)N[C@@H](CC(N)=O)C(=O)O. The number of amides is 9. The minimum absolute atomic E-state index is 0.0158. The summed E-state index contributed by atoms with van der Waals surface area (Å²) in [4.78, 5) is 135. The lowest BCUT2D eigenvalue weighted by Gasteiger charge is -2.32. The van der Waals surface area contributed by atoms with Crippen LogP contribution in [0, 0.1) is 0 Å². The lowest BCUT2D eigenvalue weighted by Crippen LogP contribution is -2.60. The molecule has 2 saturated heterocycles. The maximum Gasteiger partial charge on any atom is 0.326 e. The largest absolute Gasteiger partial charge is 0.508 e. The van der Waals surface area contributed by atoms with Gasteiger partial charge in [0.05, 0.1) is 12.5 Å². The number of benzene rings is 2. The summed E-state index contributed by atoms with van der Waals surface area (Å²) in [6, 6.07) is 4.94. The lowest BCUT2D eigenvalue weighted by atomic mass is 10.0. The van der Waals surface area contributed by atoms with E-state index in [1.807, 2.05) is 6.26 Å². The van der Waals surface area contributed by atoms with Gasteiger partial charge in [0.2, 0.25) is 53.2 Å². The highest BCUT2D eigenvalue weighted by Gasteiger charge is 2.42. The first kappa shape index (κ1) is 57.2. The summed E-state index contributed by atoms with van der Waals surface area (Å²) in [6.45, 7) is 0.237. The molecule has 71 heavy (non-hydrogen) atoms. The zero-order valence-electron chi connectivity index (χ0n) is 39.8. The van der Waals surface area contributed by atoms with E-state index in [-0.39, 0.29) is 70.2 Å². The predicted octanol–water partition coefficient (Wildman–Crippen LogP) is -1.36. The summed E-state index contributed by atoms with van der Waals surface area (Å²) in [5, 5.41) is 32.9. The Bertz CT molecular complexity index is 2210. The van der Waals surface area contributed by atoms with Gasteiger partial charge in [-0.05, 0) is 92.2 Å². The van der Waals surface area contributed by atoms with E-state index in [1.165, 1.54) is 45.5 Å². The number of phenolic OH excluding ortho intramolecular Hbond substituents is 1. The Morgan fingerprint density at radius 1 is 0.606 bits per heavy atom. The van der Waals surface area contributed by atoms with Gasteiger partial charge in [0.1, 0.15) is 48.0 Å². The summed E-state index contributed by atoms with van der Waals surface area (Å²) in [7, 11) is 0. The molecule has 0 radical (unpaired) electrons.